The number of hydrogen-bond donors (Lipinski definition) is 2. The molecule has 3 unspecified atom stereocenters. The van der Waals surface area contributed by atoms with E-state index in [1.807, 2.05) is 0 Å². The van der Waals surface area contributed by atoms with Crippen LogP contribution >= 0.6 is 0 Å². The van der Waals surface area contributed by atoms with Crippen molar-refractivity contribution >= 4 is 15.8 Å². The Balaban J connectivity index is 1.91. The zero-order valence-electron chi connectivity index (χ0n) is 14.8. The molecule has 0 spiro atoms. The van der Waals surface area contributed by atoms with Crippen molar-refractivity contribution in [3.05, 3.63) is 0 Å². The van der Waals surface area contributed by atoms with Crippen LogP contribution in [-0.4, -0.2) is 45.0 Å². The summed E-state index contributed by atoms with van der Waals surface area (Å²) in [7, 11) is -2.81. The molecule has 1 heterocycles. The van der Waals surface area contributed by atoms with Crippen molar-refractivity contribution in [2.45, 2.75) is 58.9 Å². The van der Waals surface area contributed by atoms with Crippen LogP contribution in [0.25, 0.3) is 0 Å². The minimum absolute atomic E-state index is 0.185. The van der Waals surface area contributed by atoms with Gasteiger partial charge in [0.15, 0.2) is 15.8 Å². The fraction of sp³-hybridized carbons (Fsp3) is 0.941. The standard InChI is InChI=1S/C17H33N3O2S/c1-4-6-18-17(19-11-15-5-7-23(21,22)12-15)20-16-9-13(2)8-14(3)10-16/h13-16H,4-12H2,1-3H3,(H2,18,19,20). The SMILES string of the molecule is CCCNC(=NCC1CCS(=O)(=O)C1)NC1CC(C)CC(C)C1. The van der Waals surface area contributed by atoms with Crippen molar-refractivity contribution in [2.24, 2.45) is 22.7 Å². The van der Waals surface area contributed by atoms with E-state index < -0.39 is 9.84 Å². The molecule has 0 aromatic carbocycles. The number of sulfone groups is 1. The fourth-order valence-corrected chi connectivity index (χ4v) is 5.74. The van der Waals surface area contributed by atoms with Gasteiger partial charge in [0.25, 0.3) is 0 Å². The Labute approximate surface area is 141 Å². The van der Waals surface area contributed by atoms with Crippen LogP contribution in [0, 0.1) is 17.8 Å². The number of guanidine groups is 1. The Morgan fingerprint density at radius 2 is 1.87 bits per heavy atom. The third-order valence-electron chi connectivity index (χ3n) is 4.90. The Kier molecular flexibility index (Phi) is 6.74. The second kappa shape index (κ2) is 8.36. The second-order valence-electron chi connectivity index (χ2n) is 7.64. The summed E-state index contributed by atoms with van der Waals surface area (Å²) in [4.78, 5) is 4.68. The number of nitrogens with one attached hydrogen (secondary N) is 2. The molecule has 1 aliphatic carbocycles. The van der Waals surface area contributed by atoms with Crippen LogP contribution in [0.4, 0.5) is 0 Å². The molecule has 0 amide bonds. The van der Waals surface area contributed by atoms with E-state index in [0.29, 0.717) is 24.1 Å². The molecule has 2 N–H and O–H groups in total. The summed E-state index contributed by atoms with van der Waals surface area (Å²) in [5.41, 5.74) is 0. The molecule has 5 nitrogen and oxygen atoms in total. The first-order chi connectivity index (χ1) is 10.9. The number of aliphatic imine (C=N–C) groups is 1. The molecule has 0 aromatic heterocycles. The van der Waals surface area contributed by atoms with E-state index in [9.17, 15) is 8.42 Å². The van der Waals surface area contributed by atoms with Gasteiger partial charge in [0, 0.05) is 19.1 Å². The summed E-state index contributed by atoms with van der Waals surface area (Å²) in [6.45, 7) is 8.29. The van der Waals surface area contributed by atoms with E-state index in [1.165, 1.54) is 19.3 Å². The largest absolute Gasteiger partial charge is 0.356 e. The zero-order valence-corrected chi connectivity index (χ0v) is 15.7. The van der Waals surface area contributed by atoms with Gasteiger partial charge in [-0.1, -0.05) is 20.8 Å². The van der Waals surface area contributed by atoms with E-state index in [0.717, 1.165) is 37.2 Å². The monoisotopic (exact) mass is 343 g/mol. The van der Waals surface area contributed by atoms with Gasteiger partial charge in [-0.2, -0.15) is 0 Å². The molecular formula is C17H33N3O2S. The first-order valence-electron chi connectivity index (χ1n) is 9.13. The molecule has 1 saturated carbocycles. The Hall–Kier alpha value is -0.780. The van der Waals surface area contributed by atoms with Crippen molar-refractivity contribution in [1.29, 1.82) is 0 Å². The number of nitrogens with zero attached hydrogens (tertiary/aromatic N) is 1. The third kappa shape index (κ3) is 6.32. The lowest BCUT2D eigenvalue weighted by Gasteiger charge is -2.33. The van der Waals surface area contributed by atoms with Crippen LogP contribution < -0.4 is 10.6 Å². The van der Waals surface area contributed by atoms with Gasteiger partial charge in [0.1, 0.15) is 0 Å². The zero-order chi connectivity index (χ0) is 16.9. The fourth-order valence-electron chi connectivity index (χ4n) is 3.89. The topological polar surface area (TPSA) is 70.6 Å². The molecule has 1 aliphatic heterocycles. The van der Waals surface area contributed by atoms with Crippen LogP contribution in [0.5, 0.6) is 0 Å². The maximum Gasteiger partial charge on any atom is 0.191 e. The Bertz CT molecular complexity index is 494. The van der Waals surface area contributed by atoms with Crippen molar-refractivity contribution < 1.29 is 8.42 Å². The van der Waals surface area contributed by atoms with Gasteiger partial charge in [-0.25, -0.2) is 8.42 Å². The Morgan fingerprint density at radius 3 is 2.43 bits per heavy atom. The van der Waals surface area contributed by atoms with Crippen LogP contribution in [0.2, 0.25) is 0 Å². The molecule has 1 saturated heterocycles. The summed E-state index contributed by atoms with van der Waals surface area (Å²) >= 11 is 0. The number of hydrogen-bond acceptors (Lipinski definition) is 3. The highest BCUT2D eigenvalue weighted by atomic mass is 32.2. The quantitative estimate of drug-likeness (QED) is 0.593. The lowest BCUT2D eigenvalue weighted by Crippen LogP contribution is -2.46. The molecule has 0 aromatic rings. The van der Waals surface area contributed by atoms with Gasteiger partial charge < -0.3 is 10.6 Å². The predicted octanol–water partition coefficient (Wildman–Crippen LogP) is 2.19. The summed E-state index contributed by atoms with van der Waals surface area (Å²) in [6, 6.07) is 0.476. The van der Waals surface area contributed by atoms with Gasteiger partial charge in [-0.05, 0) is 49.9 Å². The van der Waals surface area contributed by atoms with E-state index in [2.05, 4.69) is 36.4 Å². The normalized spacial score (nSPS) is 34.3. The predicted molar refractivity (Wildman–Crippen MR) is 96.5 cm³/mol. The molecule has 2 rings (SSSR count). The van der Waals surface area contributed by atoms with Crippen molar-refractivity contribution in [2.75, 3.05) is 24.6 Å². The minimum Gasteiger partial charge on any atom is -0.356 e. The highest BCUT2D eigenvalue weighted by Crippen LogP contribution is 2.28. The molecule has 0 radical (unpaired) electrons. The van der Waals surface area contributed by atoms with Gasteiger partial charge >= 0.3 is 0 Å². The first-order valence-corrected chi connectivity index (χ1v) is 11.0. The first kappa shape index (κ1) is 18.6. The van der Waals surface area contributed by atoms with E-state index >= 15 is 0 Å². The third-order valence-corrected chi connectivity index (χ3v) is 6.73. The molecule has 0 bridgehead atoms. The molecule has 6 heteroatoms. The van der Waals surface area contributed by atoms with Gasteiger partial charge in [0.05, 0.1) is 11.5 Å². The second-order valence-corrected chi connectivity index (χ2v) is 9.87. The van der Waals surface area contributed by atoms with E-state index in [4.69, 9.17) is 0 Å². The van der Waals surface area contributed by atoms with Gasteiger partial charge in [0.2, 0.25) is 0 Å². The Morgan fingerprint density at radius 1 is 1.17 bits per heavy atom. The minimum atomic E-state index is -2.81. The van der Waals surface area contributed by atoms with Crippen LogP contribution in [0.1, 0.15) is 52.9 Å². The van der Waals surface area contributed by atoms with E-state index in [1.54, 1.807) is 0 Å². The maximum absolute atomic E-state index is 11.6. The highest BCUT2D eigenvalue weighted by Gasteiger charge is 2.28. The van der Waals surface area contributed by atoms with Crippen LogP contribution in [-0.2, 0) is 9.84 Å². The van der Waals surface area contributed by atoms with Crippen LogP contribution in [0.3, 0.4) is 0 Å². The molecule has 2 aliphatic rings. The molecule has 134 valence electrons. The molecule has 2 fully saturated rings. The molecule has 3 atom stereocenters. The molecule has 23 heavy (non-hydrogen) atoms. The average Bonchev–Trinajstić information content (AvgIpc) is 2.80. The maximum atomic E-state index is 11.6. The number of rotatable bonds is 5. The van der Waals surface area contributed by atoms with E-state index in [-0.39, 0.29) is 5.92 Å². The van der Waals surface area contributed by atoms with Crippen molar-refractivity contribution in [3.63, 3.8) is 0 Å². The lowest BCUT2D eigenvalue weighted by molar-refractivity contribution is 0.255. The van der Waals surface area contributed by atoms with Gasteiger partial charge in [-0.15, -0.1) is 0 Å². The summed E-state index contributed by atoms with van der Waals surface area (Å²) in [5.74, 6) is 3.18. The average molecular weight is 344 g/mol. The summed E-state index contributed by atoms with van der Waals surface area (Å²) < 4.78 is 23.1. The van der Waals surface area contributed by atoms with Crippen molar-refractivity contribution in [3.8, 4) is 0 Å². The van der Waals surface area contributed by atoms with Crippen molar-refractivity contribution in [1.82, 2.24) is 10.6 Å². The molecular weight excluding hydrogens is 310 g/mol. The van der Waals surface area contributed by atoms with Gasteiger partial charge in [-0.3, -0.25) is 4.99 Å². The highest BCUT2D eigenvalue weighted by molar-refractivity contribution is 7.91. The summed E-state index contributed by atoms with van der Waals surface area (Å²) in [5, 5.41) is 6.97. The smallest absolute Gasteiger partial charge is 0.191 e. The van der Waals surface area contributed by atoms with Crippen LogP contribution in [0.15, 0.2) is 4.99 Å². The lowest BCUT2D eigenvalue weighted by atomic mass is 9.80. The summed E-state index contributed by atoms with van der Waals surface area (Å²) in [6.07, 6.45) is 5.50.